The van der Waals surface area contributed by atoms with E-state index in [4.69, 9.17) is 0 Å². The maximum atomic E-state index is 12.4. The van der Waals surface area contributed by atoms with Crippen LogP contribution in [0.15, 0.2) is 35.4 Å². The van der Waals surface area contributed by atoms with Crippen LogP contribution < -0.4 is 10.9 Å². The Kier molecular flexibility index (Phi) is 5.82. The van der Waals surface area contributed by atoms with Gasteiger partial charge in [0, 0.05) is 43.3 Å². The van der Waals surface area contributed by atoms with Crippen molar-refractivity contribution in [2.45, 2.75) is 57.5 Å². The minimum absolute atomic E-state index is 0.0547. The molecule has 6 nitrogen and oxygen atoms in total. The Morgan fingerprint density at radius 3 is 2.81 bits per heavy atom. The molecule has 0 radical (unpaired) electrons. The number of nitrogens with one attached hydrogen (secondary N) is 1. The van der Waals surface area contributed by atoms with Crippen LogP contribution in [0.25, 0.3) is 0 Å². The minimum Gasteiger partial charge on any atom is -0.383 e. The van der Waals surface area contributed by atoms with Crippen LogP contribution in [-0.2, 0) is 19.4 Å². The molecule has 1 unspecified atom stereocenters. The van der Waals surface area contributed by atoms with Gasteiger partial charge in [-0.2, -0.15) is 5.10 Å². The molecule has 2 aliphatic rings. The molecule has 4 rings (SSSR count). The van der Waals surface area contributed by atoms with Crippen LogP contribution in [0.4, 0.5) is 5.69 Å². The van der Waals surface area contributed by atoms with Gasteiger partial charge in [-0.25, -0.2) is 4.68 Å². The molecule has 3 heterocycles. The first-order chi connectivity index (χ1) is 13.3. The van der Waals surface area contributed by atoms with E-state index in [1.165, 1.54) is 37.7 Å². The number of piperidine rings is 1. The highest BCUT2D eigenvalue weighted by Crippen LogP contribution is 2.19. The van der Waals surface area contributed by atoms with Crippen LogP contribution in [0, 0.1) is 0 Å². The maximum absolute atomic E-state index is 12.4. The summed E-state index contributed by atoms with van der Waals surface area (Å²) >= 11 is 0. The van der Waals surface area contributed by atoms with Gasteiger partial charge in [-0.3, -0.25) is 14.7 Å². The largest absolute Gasteiger partial charge is 0.383 e. The zero-order chi connectivity index (χ0) is 18.5. The van der Waals surface area contributed by atoms with E-state index in [0.717, 1.165) is 43.9 Å². The second-order valence-electron chi connectivity index (χ2n) is 7.69. The lowest BCUT2D eigenvalue weighted by atomic mass is 9.97. The molecule has 2 aromatic rings. The van der Waals surface area contributed by atoms with Crippen LogP contribution in [0.5, 0.6) is 0 Å². The molecular weight excluding hydrogens is 338 g/mol. The van der Waals surface area contributed by atoms with Gasteiger partial charge in [-0.05, 0) is 62.8 Å². The SMILES string of the molecule is O=c1cc2c(nn1CCN1CCCCC1CNc1ccncc1)CCCC2. The van der Waals surface area contributed by atoms with Crippen LogP contribution in [0.2, 0.25) is 0 Å². The minimum atomic E-state index is 0.0547. The third-order valence-corrected chi connectivity index (χ3v) is 5.84. The first kappa shape index (κ1) is 18.2. The highest BCUT2D eigenvalue weighted by Gasteiger charge is 2.22. The first-order valence-electron chi connectivity index (χ1n) is 10.3. The number of aryl methyl sites for hydroxylation is 2. The lowest BCUT2D eigenvalue weighted by Crippen LogP contribution is -2.45. The Hall–Kier alpha value is -2.21. The lowest BCUT2D eigenvalue weighted by molar-refractivity contribution is 0.148. The average molecular weight is 367 g/mol. The number of anilines is 1. The summed E-state index contributed by atoms with van der Waals surface area (Å²) in [7, 11) is 0. The van der Waals surface area contributed by atoms with Crippen LogP contribution in [0.1, 0.15) is 43.4 Å². The summed E-state index contributed by atoms with van der Waals surface area (Å²) in [6, 6.07) is 6.33. The van der Waals surface area contributed by atoms with E-state index in [0.29, 0.717) is 12.6 Å². The van der Waals surface area contributed by atoms with Crippen molar-refractivity contribution < 1.29 is 0 Å². The molecule has 0 spiro atoms. The molecule has 0 bridgehead atoms. The molecule has 0 saturated carbocycles. The molecule has 2 aromatic heterocycles. The van der Waals surface area contributed by atoms with Gasteiger partial charge in [0.05, 0.1) is 12.2 Å². The van der Waals surface area contributed by atoms with E-state index in [9.17, 15) is 4.79 Å². The number of likely N-dealkylation sites (tertiary alicyclic amines) is 1. The molecule has 1 aliphatic carbocycles. The number of pyridine rings is 1. The summed E-state index contributed by atoms with van der Waals surface area (Å²) in [5, 5.41) is 8.20. The number of hydrogen-bond acceptors (Lipinski definition) is 5. The van der Waals surface area contributed by atoms with Crippen LogP contribution in [-0.4, -0.2) is 45.3 Å². The smallest absolute Gasteiger partial charge is 0.267 e. The molecule has 0 aromatic carbocycles. The summed E-state index contributed by atoms with van der Waals surface area (Å²) in [5.74, 6) is 0. The topological polar surface area (TPSA) is 63.1 Å². The quantitative estimate of drug-likeness (QED) is 0.850. The van der Waals surface area contributed by atoms with Gasteiger partial charge >= 0.3 is 0 Å². The molecule has 1 saturated heterocycles. The number of aromatic nitrogens is 3. The predicted molar refractivity (Wildman–Crippen MR) is 107 cm³/mol. The highest BCUT2D eigenvalue weighted by molar-refractivity contribution is 5.40. The van der Waals surface area contributed by atoms with Gasteiger partial charge in [0.25, 0.3) is 5.56 Å². The maximum Gasteiger partial charge on any atom is 0.267 e. The number of hydrogen-bond donors (Lipinski definition) is 1. The van der Waals surface area contributed by atoms with Gasteiger partial charge in [0.2, 0.25) is 0 Å². The fourth-order valence-corrected chi connectivity index (χ4v) is 4.28. The molecule has 6 heteroatoms. The highest BCUT2D eigenvalue weighted by atomic mass is 16.1. The molecule has 1 fully saturated rings. The zero-order valence-electron chi connectivity index (χ0n) is 15.9. The van der Waals surface area contributed by atoms with Crippen molar-refractivity contribution in [1.82, 2.24) is 19.7 Å². The van der Waals surface area contributed by atoms with Crippen molar-refractivity contribution in [1.29, 1.82) is 0 Å². The number of fused-ring (bicyclic) bond motifs is 1. The fourth-order valence-electron chi connectivity index (χ4n) is 4.28. The molecular formula is C21H29N5O. The Morgan fingerprint density at radius 1 is 1.07 bits per heavy atom. The molecule has 1 atom stereocenters. The van der Waals surface area contributed by atoms with E-state index in [-0.39, 0.29) is 5.56 Å². The third kappa shape index (κ3) is 4.56. The van der Waals surface area contributed by atoms with Crippen molar-refractivity contribution in [2.24, 2.45) is 0 Å². The van der Waals surface area contributed by atoms with Gasteiger partial charge < -0.3 is 5.32 Å². The Labute approximate surface area is 160 Å². The summed E-state index contributed by atoms with van der Waals surface area (Å²) in [6.45, 7) is 3.59. The van der Waals surface area contributed by atoms with Crippen LogP contribution in [0.3, 0.4) is 0 Å². The summed E-state index contributed by atoms with van der Waals surface area (Å²) in [5.41, 5.74) is 3.47. The number of rotatable bonds is 6. The van der Waals surface area contributed by atoms with Gasteiger partial charge in [0.1, 0.15) is 0 Å². The van der Waals surface area contributed by atoms with Gasteiger partial charge in [-0.15, -0.1) is 0 Å². The molecule has 0 amide bonds. The van der Waals surface area contributed by atoms with Crippen molar-refractivity contribution in [2.75, 3.05) is 25.0 Å². The molecule has 1 N–H and O–H groups in total. The predicted octanol–water partition coefficient (Wildman–Crippen LogP) is 2.48. The van der Waals surface area contributed by atoms with E-state index < -0.39 is 0 Å². The van der Waals surface area contributed by atoms with E-state index in [1.807, 2.05) is 30.6 Å². The van der Waals surface area contributed by atoms with Crippen molar-refractivity contribution in [3.63, 3.8) is 0 Å². The van der Waals surface area contributed by atoms with Crippen molar-refractivity contribution in [3.8, 4) is 0 Å². The molecule has 144 valence electrons. The summed E-state index contributed by atoms with van der Waals surface area (Å²) in [6.07, 6.45) is 11.7. The Balaban J connectivity index is 1.38. The molecule has 1 aliphatic heterocycles. The Bertz CT molecular complexity index is 804. The second-order valence-corrected chi connectivity index (χ2v) is 7.69. The zero-order valence-corrected chi connectivity index (χ0v) is 15.9. The monoisotopic (exact) mass is 367 g/mol. The first-order valence-corrected chi connectivity index (χ1v) is 10.3. The number of nitrogens with zero attached hydrogens (tertiary/aromatic N) is 4. The van der Waals surface area contributed by atoms with Gasteiger partial charge in [-0.1, -0.05) is 6.42 Å². The van der Waals surface area contributed by atoms with Gasteiger partial charge in [0.15, 0.2) is 0 Å². The third-order valence-electron chi connectivity index (χ3n) is 5.84. The van der Waals surface area contributed by atoms with E-state index >= 15 is 0 Å². The second kappa shape index (κ2) is 8.65. The average Bonchev–Trinajstić information content (AvgIpc) is 2.72. The normalized spacial score (nSPS) is 20.2. The van der Waals surface area contributed by atoms with Crippen LogP contribution >= 0.6 is 0 Å². The Morgan fingerprint density at radius 2 is 1.93 bits per heavy atom. The van der Waals surface area contributed by atoms with Crippen molar-refractivity contribution in [3.05, 3.63) is 52.2 Å². The standard InChI is InChI=1S/C21H29N5O/c27-21-15-17-5-1-2-7-20(17)24-26(21)14-13-25-12-4-3-6-19(25)16-23-18-8-10-22-11-9-18/h8-11,15,19H,1-7,12-14,16H2,(H,22,23). The lowest BCUT2D eigenvalue weighted by Gasteiger charge is -2.36. The summed E-state index contributed by atoms with van der Waals surface area (Å²) < 4.78 is 1.69. The van der Waals surface area contributed by atoms with E-state index in [1.54, 1.807) is 4.68 Å². The summed E-state index contributed by atoms with van der Waals surface area (Å²) in [4.78, 5) is 19.0. The molecule has 27 heavy (non-hydrogen) atoms. The van der Waals surface area contributed by atoms with E-state index in [2.05, 4.69) is 20.3 Å². The fraction of sp³-hybridized carbons (Fsp3) is 0.571. The van der Waals surface area contributed by atoms with Crippen molar-refractivity contribution >= 4 is 5.69 Å².